The number of carbonyl (C=O) groups is 1. The number of carboxylic acid groups (broad SMARTS) is 1. The van der Waals surface area contributed by atoms with Crippen molar-refractivity contribution in [1.29, 1.82) is 0 Å². The van der Waals surface area contributed by atoms with E-state index in [4.69, 9.17) is 5.11 Å². The van der Waals surface area contributed by atoms with Gasteiger partial charge in [-0.25, -0.2) is 4.79 Å². The van der Waals surface area contributed by atoms with Crippen LogP contribution in [0.4, 0.5) is 0 Å². The van der Waals surface area contributed by atoms with E-state index >= 15 is 0 Å². The summed E-state index contributed by atoms with van der Waals surface area (Å²) in [6.45, 7) is 5.69. The Morgan fingerprint density at radius 3 is 3.00 bits per heavy atom. The largest absolute Gasteiger partial charge is 0.480 e. The van der Waals surface area contributed by atoms with Crippen LogP contribution in [0.25, 0.3) is 0 Å². The van der Waals surface area contributed by atoms with Gasteiger partial charge in [-0.3, -0.25) is 0 Å². The Kier molecular flexibility index (Phi) is 3.55. The molecule has 1 unspecified atom stereocenters. The number of rotatable bonds is 4. The summed E-state index contributed by atoms with van der Waals surface area (Å²) in [4.78, 5) is 10.7. The number of nitrogens with one attached hydrogen (secondary N) is 1. The van der Waals surface area contributed by atoms with Gasteiger partial charge in [0.2, 0.25) is 0 Å². The van der Waals surface area contributed by atoms with Gasteiger partial charge in [-0.1, -0.05) is 19.9 Å². The SMILES string of the molecule is C=C=C(CCC)C1=CNC(C(=O)O)C1. The van der Waals surface area contributed by atoms with E-state index in [0.29, 0.717) is 6.42 Å². The Morgan fingerprint density at radius 1 is 1.86 bits per heavy atom. The van der Waals surface area contributed by atoms with Crippen molar-refractivity contribution in [1.82, 2.24) is 5.32 Å². The van der Waals surface area contributed by atoms with Crippen molar-refractivity contribution in [2.24, 2.45) is 0 Å². The number of hydrogen-bond donors (Lipinski definition) is 2. The van der Waals surface area contributed by atoms with Crippen LogP contribution in [0.1, 0.15) is 26.2 Å². The third kappa shape index (κ3) is 2.27. The van der Waals surface area contributed by atoms with Crippen LogP contribution in [0, 0.1) is 0 Å². The molecule has 0 amide bonds. The van der Waals surface area contributed by atoms with Gasteiger partial charge in [-0.2, -0.15) is 0 Å². The minimum atomic E-state index is -0.809. The van der Waals surface area contributed by atoms with Crippen LogP contribution >= 0.6 is 0 Å². The predicted octanol–water partition coefficient (Wildman–Crippen LogP) is 1.83. The van der Waals surface area contributed by atoms with Gasteiger partial charge in [0.05, 0.1) is 0 Å². The minimum absolute atomic E-state index is 0.481. The molecule has 3 heteroatoms. The van der Waals surface area contributed by atoms with Gasteiger partial charge in [-0.15, -0.1) is 5.73 Å². The molecule has 76 valence electrons. The zero-order valence-corrected chi connectivity index (χ0v) is 8.34. The maximum Gasteiger partial charge on any atom is 0.326 e. The Balaban J connectivity index is 2.64. The van der Waals surface area contributed by atoms with Crippen LogP contribution in [0.15, 0.2) is 29.7 Å². The van der Waals surface area contributed by atoms with E-state index in [2.05, 4.69) is 24.6 Å². The second-order valence-electron chi connectivity index (χ2n) is 3.34. The molecule has 2 N–H and O–H groups in total. The average molecular weight is 193 g/mol. The van der Waals surface area contributed by atoms with Crippen molar-refractivity contribution in [2.75, 3.05) is 0 Å². The van der Waals surface area contributed by atoms with E-state index in [0.717, 1.165) is 24.0 Å². The van der Waals surface area contributed by atoms with E-state index in [1.54, 1.807) is 6.20 Å². The third-order valence-corrected chi connectivity index (χ3v) is 2.28. The molecule has 0 saturated carbocycles. The fourth-order valence-corrected chi connectivity index (χ4v) is 1.52. The lowest BCUT2D eigenvalue weighted by Crippen LogP contribution is -2.28. The smallest absolute Gasteiger partial charge is 0.326 e. The van der Waals surface area contributed by atoms with Crippen molar-refractivity contribution in [3.05, 3.63) is 29.7 Å². The Labute approximate surface area is 83.8 Å². The molecule has 0 aromatic carbocycles. The Hall–Kier alpha value is -1.47. The van der Waals surface area contributed by atoms with Crippen molar-refractivity contribution in [3.63, 3.8) is 0 Å². The minimum Gasteiger partial charge on any atom is -0.480 e. The van der Waals surface area contributed by atoms with Crippen LogP contribution in [0.2, 0.25) is 0 Å². The molecule has 1 atom stereocenters. The standard InChI is InChI=1S/C11H15NO2/c1-3-5-8(4-2)9-6-10(11(13)14)12-7-9/h7,10,12H,2-3,5-6H2,1H3,(H,13,14). The highest BCUT2D eigenvalue weighted by atomic mass is 16.4. The van der Waals surface area contributed by atoms with Crippen LogP contribution in [0.5, 0.6) is 0 Å². The van der Waals surface area contributed by atoms with E-state index < -0.39 is 12.0 Å². The molecule has 3 nitrogen and oxygen atoms in total. The topological polar surface area (TPSA) is 49.3 Å². The predicted molar refractivity (Wildman–Crippen MR) is 54.8 cm³/mol. The second-order valence-corrected chi connectivity index (χ2v) is 3.34. The van der Waals surface area contributed by atoms with Crippen LogP contribution in [0.3, 0.4) is 0 Å². The van der Waals surface area contributed by atoms with Gasteiger partial charge < -0.3 is 10.4 Å². The van der Waals surface area contributed by atoms with Crippen molar-refractivity contribution in [3.8, 4) is 0 Å². The molecule has 1 aliphatic rings. The maximum atomic E-state index is 10.7. The summed E-state index contributed by atoms with van der Waals surface area (Å²) < 4.78 is 0. The lowest BCUT2D eigenvalue weighted by Gasteiger charge is -2.05. The summed E-state index contributed by atoms with van der Waals surface area (Å²) in [7, 11) is 0. The molecule has 1 rings (SSSR count). The van der Waals surface area contributed by atoms with Gasteiger partial charge in [0.15, 0.2) is 0 Å². The molecule has 0 saturated heterocycles. The molecule has 0 aromatic rings. The molecular formula is C11H15NO2. The monoisotopic (exact) mass is 193 g/mol. The van der Waals surface area contributed by atoms with Crippen molar-refractivity contribution < 1.29 is 9.90 Å². The summed E-state index contributed by atoms with van der Waals surface area (Å²) in [6.07, 6.45) is 4.23. The summed E-state index contributed by atoms with van der Waals surface area (Å²) >= 11 is 0. The summed E-state index contributed by atoms with van der Waals surface area (Å²) in [5.41, 5.74) is 4.92. The molecule has 0 radical (unpaired) electrons. The zero-order chi connectivity index (χ0) is 10.6. The summed E-state index contributed by atoms with van der Waals surface area (Å²) in [5, 5.41) is 11.6. The third-order valence-electron chi connectivity index (χ3n) is 2.28. The first-order chi connectivity index (χ1) is 6.69. The molecule has 1 aliphatic heterocycles. The molecule has 0 spiro atoms. The van der Waals surface area contributed by atoms with Crippen LogP contribution < -0.4 is 5.32 Å². The van der Waals surface area contributed by atoms with E-state index in [9.17, 15) is 4.79 Å². The van der Waals surface area contributed by atoms with E-state index in [1.165, 1.54) is 0 Å². The van der Waals surface area contributed by atoms with E-state index in [1.807, 2.05) is 0 Å². The Morgan fingerprint density at radius 2 is 2.57 bits per heavy atom. The maximum absolute atomic E-state index is 10.7. The highest BCUT2D eigenvalue weighted by Gasteiger charge is 2.24. The quantitative estimate of drug-likeness (QED) is 0.670. The fraction of sp³-hybridized carbons (Fsp3) is 0.455. The van der Waals surface area contributed by atoms with Gasteiger partial charge in [0.25, 0.3) is 0 Å². The average Bonchev–Trinajstić information content (AvgIpc) is 2.63. The first-order valence-electron chi connectivity index (χ1n) is 4.76. The molecular weight excluding hydrogens is 178 g/mol. The number of aliphatic carboxylic acids is 1. The molecule has 14 heavy (non-hydrogen) atoms. The molecule has 0 fully saturated rings. The number of hydrogen-bond acceptors (Lipinski definition) is 2. The number of allylic oxidation sites excluding steroid dienone is 1. The summed E-state index contributed by atoms with van der Waals surface area (Å²) in [6, 6.07) is -0.481. The highest BCUT2D eigenvalue weighted by molar-refractivity contribution is 5.75. The van der Waals surface area contributed by atoms with Gasteiger partial charge in [0, 0.05) is 12.6 Å². The fourth-order valence-electron chi connectivity index (χ4n) is 1.52. The Bertz CT molecular complexity index is 311. The van der Waals surface area contributed by atoms with E-state index in [-0.39, 0.29) is 0 Å². The molecule has 1 heterocycles. The number of carboxylic acids is 1. The van der Waals surface area contributed by atoms with Crippen LogP contribution in [-0.2, 0) is 4.79 Å². The van der Waals surface area contributed by atoms with Crippen molar-refractivity contribution in [2.45, 2.75) is 32.2 Å². The lowest BCUT2D eigenvalue weighted by atomic mass is 10.00. The normalized spacial score (nSPS) is 19.5. The first-order valence-corrected chi connectivity index (χ1v) is 4.76. The van der Waals surface area contributed by atoms with Crippen LogP contribution in [-0.4, -0.2) is 17.1 Å². The molecule has 0 aliphatic carbocycles. The zero-order valence-electron chi connectivity index (χ0n) is 8.34. The van der Waals surface area contributed by atoms with Crippen molar-refractivity contribution >= 4 is 5.97 Å². The van der Waals surface area contributed by atoms with Gasteiger partial charge in [0.1, 0.15) is 6.04 Å². The highest BCUT2D eigenvalue weighted by Crippen LogP contribution is 2.23. The lowest BCUT2D eigenvalue weighted by molar-refractivity contribution is -0.138. The molecule has 0 bridgehead atoms. The molecule has 0 aromatic heterocycles. The second kappa shape index (κ2) is 4.68. The van der Waals surface area contributed by atoms with Gasteiger partial charge in [-0.05, 0) is 17.6 Å². The summed E-state index contributed by atoms with van der Waals surface area (Å²) in [5.74, 6) is -0.809. The van der Waals surface area contributed by atoms with Gasteiger partial charge >= 0.3 is 5.97 Å². The first kappa shape index (κ1) is 10.6.